The number of nitrogens with zero attached hydrogens (tertiary/aromatic N) is 1. The van der Waals surface area contributed by atoms with Gasteiger partial charge in [-0.05, 0) is 30.7 Å². The molecule has 0 saturated carbocycles. The van der Waals surface area contributed by atoms with Crippen molar-refractivity contribution < 1.29 is 18.7 Å². The molecule has 0 saturated heterocycles. The molecular weight excluding hydrogens is 334 g/mol. The van der Waals surface area contributed by atoms with Gasteiger partial charge in [-0.3, -0.25) is 9.69 Å². The summed E-state index contributed by atoms with van der Waals surface area (Å²) >= 11 is 3.35. The van der Waals surface area contributed by atoms with Crippen LogP contribution in [0.3, 0.4) is 0 Å². The molecule has 0 atom stereocenters. The molecule has 0 unspecified atom stereocenters. The quantitative estimate of drug-likeness (QED) is 0.792. The van der Waals surface area contributed by atoms with E-state index in [-0.39, 0.29) is 25.6 Å². The number of rotatable bonds is 7. The van der Waals surface area contributed by atoms with Gasteiger partial charge in [-0.25, -0.2) is 8.78 Å². The van der Waals surface area contributed by atoms with Crippen molar-refractivity contribution in [2.24, 2.45) is 0 Å². The van der Waals surface area contributed by atoms with E-state index in [1.807, 2.05) is 6.92 Å². The summed E-state index contributed by atoms with van der Waals surface area (Å²) in [7, 11) is 0. The fourth-order valence-electron chi connectivity index (χ4n) is 1.70. The first-order valence-corrected chi connectivity index (χ1v) is 6.89. The highest BCUT2D eigenvalue weighted by Gasteiger charge is 2.15. The normalized spacial score (nSPS) is 11.2. The molecule has 0 aliphatic heterocycles. The number of aliphatic hydroxyl groups excluding tert-OH is 1. The molecular formula is C13H17BrF2N2O2. The molecule has 0 bridgehead atoms. The molecule has 7 heteroatoms. The maximum absolute atomic E-state index is 12.3. The van der Waals surface area contributed by atoms with E-state index >= 15 is 0 Å². The Balaban J connectivity index is 2.58. The molecule has 2 N–H and O–H groups in total. The molecule has 0 aliphatic rings. The van der Waals surface area contributed by atoms with E-state index < -0.39 is 13.0 Å². The predicted molar refractivity (Wildman–Crippen MR) is 77.0 cm³/mol. The summed E-state index contributed by atoms with van der Waals surface area (Å²) in [4.78, 5) is 13.0. The first kappa shape index (κ1) is 17.0. The van der Waals surface area contributed by atoms with Crippen molar-refractivity contribution in [2.75, 3.05) is 31.6 Å². The van der Waals surface area contributed by atoms with Crippen molar-refractivity contribution in [3.8, 4) is 0 Å². The van der Waals surface area contributed by atoms with Gasteiger partial charge in [0.15, 0.2) is 0 Å². The van der Waals surface area contributed by atoms with E-state index in [9.17, 15) is 13.6 Å². The second kappa shape index (κ2) is 8.28. The molecule has 1 amide bonds. The number of benzene rings is 1. The van der Waals surface area contributed by atoms with Crippen LogP contribution in [0.25, 0.3) is 0 Å². The summed E-state index contributed by atoms with van der Waals surface area (Å²) in [6.07, 6.45) is -2.54. The Morgan fingerprint density at radius 1 is 1.50 bits per heavy atom. The Morgan fingerprint density at radius 2 is 2.20 bits per heavy atom. The predicted octanol–water partition coefficient (Wildman–Crippen LogP) is 2.26. The number of alkyl halides is 2. The van der Waals surface area contributed by atoms with Gasteiger partial charge >= 0.3 is 0 Å². The van der Waals surface area contributed by atoms with Gasteiger partial charge in [-0.2, -0.15) is 0 Å². The van der Waals surface area contributed by atoms with Crippen LogP contribution in [0.4, 0.5) is 14.5 Å². The van der Waals surface area contributed by atoms with Gasteiger partial charge in [0.05, 0.1) is 19.7 Å². The van der Waals surface area contributed by atoms with Gasteiger partial charge in [0.2, 0.25) is 5.91 Å². The minimum absolute atomic E-state index is 0.0388. The Morgan fingerprint density at radius 3 is 2.75 bits per heavy atom. The summed E-state index contributed by atoms with van der Waals surface area (Å²) < 4.78 is 25.6. The Kier molecular flexibility index (Phi) is 7.04. The van der Waals surface area contributed by atoms with Crippen LogP contribution in [0.1, 0.15) is 5.56 Å². The van der Waals surface area contributed by atoms with Gasteiger partial charge in [0.1, 0.15) is 0 Å². The molecule has 0 heterocycles. The van der Waals surface area contributed by atoms with E-state index in [2.05, 4.69) is 21.2 Å². The lowest BCUT2D eigenvalue weighted by Gasteiger charge is -2.20. The molecule has 0 radical (unpaired) electrons. The van der Waals surface area contributed by atoms with Crippen LogP contribution in [0.15, 0.2) is 22.7 Å². The number of amides is 1. The molecule has 0 spiro atoms. The van der Waals surface area contributed by atoms with E-state index in [0.717, 1.165) is 10.0 Å². The third-order valence-electron chi connectivity index (χ3n) is 2.62. The maximum Gasteiger partial charge on any atom is 0.251 e. The first-order chi connectivity index (χ1) is 9.42. The molecule has 0 aliphatic carbocycles. The Hall–Kier alpha value is -1.05. The van der Waals surface area contributed by atoms with Gasteiger partial charge in [-0.15, -0.1) is 0 Å². The number of carbonyl (C=O) groups is 1. The van der Waals surface area contributed by atoms with Crippen LogP contribution >= 0.6 is 15.9 Å². The van der Waals surface area contributed by atoms with E-state index in [1.54, 1.807) is 18.2 Å². The fourth-order valence-corrected chi connectivity index (χ4v) is 1.94. The number of nitrogens with one attached hydrogen (secondary N) is 1. The van der Waals surface area contributed by atoms with Crippen LogP contribution < -0.4 is 5.32 Å². The van der Waals surface area contributed by atoms with Crippen molar-refractivity contribution in [1.29, 1.82) is 0 Å². The zero-order chi connectivity index (χ0) is 15.1. The lowest BCUT2D eigenvalue weighted by molar-refractivity contribution is -0.117. The molecule has 1 aromatic carbocycles. The Bertz CT molecular complexity index is 458. The number of hydrogen-bond donors (Lipinski definition) is 2. The van der Waals surface area contributed by atoms with Crippen LogP contribution in [0.2, 0.25) is 0 Å². The van der Waals surface area contributed by atoms with Crippen molar-refractivity contribution in [1.82, 2.24) is 4.90 Å². The SMILES string of the molecule is Cc1cc(NC(=O)CN(CCO)CC(F)F)ccc1Br. The lowest BCUT2D eigenvalue weighted by Crippen LogP contribution is -2.38. The third-order valence-corrected chi connectivity index (χ3v) is 3.51. The maximum atomic E-state index is 12.3. The fraction of sp³-hybridized carbons (Fsp3) is 0.462. The van der Waals surface area contributed by atoms with Crippen molar-refractivity contribution >= 4 is 27.5 Å². The number of aliphatic hydroxyl groups is 1. The lowest BCUT2D eigenvalue weighted by atomic mass is 10.2. The number of carbonyl (C=O) groups excluding carboxylic acids is 1. The third kappa shape index (κ3) is 5.94. The van der Waals surface area contributed by atoms with Crippen LogP contribution in [0, 0.1) is 6.92 Å². The number of anilines is 1. The highest BCUT2D eigenvalue weighted by molar-refractivity contribution is 9.10. The molecule has 4 nitrogen and oxygen atoms in total. The summed E-state index contributed by atoms with van der Waals surface area (Å²) in [5, 5.41) is 11.4. The van der Waals surface area contributed by atoms with Gasteiger partial charge < -0.3 is 10.4 Å². The monoisotopic (exact) mass is 350 g/mol. The standard InChI is InChI=1S/C13H17BrF2N2O2/c1-9-6-10(2-3-11(9)14)17-13(20)8-18(4-5-19)7-12(15)16/h2-3,6,12,19H,4-5,7-8H2,1H3,(H,17,20). The average molecular weight is 351 g/mol. The van der Waals surface area contributed by atoms with Crippen molar-refractivity contribution in [3.05, 3.63) is 28.2 Å². The topological polar surface area (TPSA) is 52.6 Å². The van der Waals surface area contributed by atoms with Gasteiger partial charge in [-0.1, -0.05) is 15.9 Å². The van der Waals surface area contributed by atoms with Crippen molar-refractivity contribution in [2.45, 2.75) is 13.3 Å². The van der Waals surface area contributed by atoms with E-state index in [1.165, 1.54) is 4.90 Å². The molecule has 20 heavy (non-hydrogen) atoms. The first-order valence-electron chi connectivity index (χ1n) is 6.09. The molecule has 1 rings (SSSR count). The highest BCUT2D eigenvalue weighted by atomic mass is 79.9. The zero-order valence-corrected chi connectivity index (χ0v) is 12.7. The van der Waals surface area contributed by atoms with Crippen LogP contribution in [0.5, 0.6) is 0 Å². The van der Waals surface area contributed by atoms with Crippen LogP contribution in [-0.4, -0.2) is 48.6 Å². The Labute approximate surface area is 124 Å². The number of hydrogen-bond acceptors (Lipinski definition) is 3. The minimum Gasteiger partial charge on any atom is -0.395 e. The number of halogens is 3. The van der Waals surface area contributed by atoms with Crippen LogP contribution in [-0.2, 0) is 4.79 Å². The largest absolute Gasteiger partial charge is 0.395 e. The molecule has 0 aromatic heterocycles. The minimum atomic E-state index is -2.54. The van der Waals surface area contributed by atoms with Crippen molar-refractivity contribution in [3.63, 3.8) is 0 Å². The summed E-state index contributed by atoms with van der Waals surface area (Å²) in [6.45, 7) is 0.941. The van der Waals surface area contributed by atoms with E-state index in [4.69, 9.17) is 5.11 Å². The number of aryl methyl sites for hydroxylation is 1. The smallest absolute Gasteiger partial charge is 0.251 e. The summed E-state index contributed by atoms with van der Waals surface area (Å²) in [5.41, 5.74) is 1.57. The van der Waals surface area contributed by atoms with E-state index in [0.29, 0.717) is 5.69 Å². The molecule has 1 aromatic rings. The van der Waals surface area contributed by atoms with Gasteiger partial charge in [0.25, 0.3) is 6.43 Å². The zero-order valence-electron chi connectivity index (χ0n) is 11.1. The second-order valence-corrected chi connectivity index (χ2v) is 5.22. The summed E-state index contributed by atoms with van der Waals surface area (Å²) in [5.74, 6) is -0.388. The molecule has 0 fully saturated rings. The average Bonchev–Trinajstić information content (AvgIpc) is 2.33. The highest BCUT2D eigenvalue weighted by Crippen LogP contribution is 2.19. The summed E-state index contributed by atoms with van der Waals surface area (Å²) in [6, 6.07) is 5.31. The molecule has 112 valence electrons. The van der Waals surface area contributed by atoms with Gasteiger partial charge in [0, 0.05) is 16.7 Å². The second-order valence-electron chi connectivity index (χ2n) is 4.36.